The highest BCUT2D eigenvalue weighted by molar-refractivity contribution is 6.13. The van der Waals surface area contributed by atoms with Crippen molar-refractivity contribution in [2.45, 2.75) is 12.4 Å². The van der Waals surface area contributed by atoms with Crippen LogP contribution in [-0.4, -0.2) is 9.13 Å². The number of rotatable bonds is 5. The number of hydrogen-bond acceptors (Lipinski definition) is 3. The van der Waals surface area contributed by atoms with E-state index in [2.05, 4.69) is 18.2 Å². The molecule has 5 nitrogen and oxygen atoms in total. The van der Waals surface area contributed by atoms with Crippen LogP contribution in [-0.2, 0) is 12.4 Å². The van der Waals surface area contributed by atoms with Gasteiger partial charge in [0.15, 0.2) is 0 Å². The number of hydrogen-bond donors (Lipinski definition) is 0. The van der Waals surface area contributed by atoms with Crippen molar-refractivity contribution in [3.63, 3.8) is 0 Å². The zero-order valence-corrected chi connectivity index (χ0v) is 33.1. The molecule has 0 amide bonds. The summed E-state index contributed by atoms with van der Waals surface area (Å²) in [6.45, 7) is 0. The molecule has 0 spiro atoms. The maximum atomic E-state index is 15.0. The Hall–Kier alpha value is -8.59. The molecule has 8 aromatic carbocycles. The van der Waals surface area contributed by atoms with Crippen LogP contribution in [0.2, 0.25) is 0 Å². The summed E-state index contributed by atoms with van der Waals surface area (Å²) in [6, 6.07) is 51.8. The van der Waals surface area contributed by atoms with Gasteiger partial charge in [0.2, 0.25) is 0 Å². The van der Waals surface area contributed by atoms with Crippen molar-refractivity contribution in [1.29, 1.82) is 15.8 Å². The van der Waals surface area contributed by atoms with Gasteiger partial charge in [0, 0.05) is 27.1 Å². The van der Waals surface area contributed by atoms with Crippen molar-refractivity contribution in [3.8, 4) is 63.0 Å². The molecule has 0 aliphatic heterocycles. The topological polar surface area (TPSA) is 81.2 Å². The van der Waals surface area contributed by atoms with Gasteiger partial charge in [-0.05, 0) is 101 Å². The first-order chi connectivity index (χ1) is 30.9. The summed E-state index contributed by atoms with van der Waals surface area (Å²) >= 11 is 0. The Bertz CT molecular complexity index is 3700. The standard InChI is InChI=1S/C53H27F6N5/c54-52(55,56)38-17-20-39(45(26-38)53(57,58)59)44-27-51(64-47-14-4-2-12-41(47)43-19-16-36(24-49(43)64)34-10-6-8-32(22-34)29-61)50(25-37(44)30-62)63-46-13-3-1-11-40(46)42-18-15-35(23-48(42)63)33-9-5-7-31(21-33)28-60/h1-27H. The van der Waals surface area contributed by atoms with Gasteiger partial charge in [-0.2, -0.15) is 42.1 Å². The molecule has 0 N–H and O–H groups in total. The monoisotopic (exact) mass is 847 g/mol. The van der Waals surface area contributed by atoms with Crippen LogP contribution in [0, 0.1) is 34.0 Å². The van der Waals surface area contributed by atoms with Gasteiger partial charge in [0.25, 0.3) is 0 Å². The van der Waals surface area contributed by atoms with Crippen molar-refractivity contribution in [2.24, 2.45) is 0 Å². The zero-order valence-electron chi connectivity index (χ0n) is 33.1. The Morgan fingerprint density at radius 1 is 0.375 bits per heavy atom. The van der Waals surface area contributed by atoms with E-state index < -0.39 is 29.0 Å². The fraction of sp³-hybridized carbons (Fsp3) is 0.0377. The molecule has 0 aliphatic rings. The number of halogens is 6. The van der Waals surface area contributed by atoms with E-state index in [4.69, 9.17) is 0 Å². The van der Waals surface area contributed by atoms with Crippen molar-refractivity contribution in [2.75, 3.05) is 0 Å². The second-order valence-electron chi connectivity index (χ2n) is 15.3. The van der Waals surface area contributed by atoms with E-state index in [0.717, 1.165) is 49.9 Å². The molecule has 0 unspecified atom stereocenters. The molecule has 0 atom stereocenters. The SMILES string of the molecule is N#Cc1cccc(-c2ccc3c4ccccc4n(-c4cc(C#N)c(-c5ccc(C(F)(F)F)cc5C(F)(F)F)cc4-n4c5ccccc5c5ccc(-c6cccc(C#N)c6)cc54)c3c2)c1. The van der Waals surface area contributed by atoms with Crippen LogP contribution in [0.4, 0.5) is 26.3 Å². The van der Waals surface area contributed by atoms with E-state index in [1.54, 1.807) is 36.4 Å². The first kappa shape index (κ1) is 39.5. The molecule has 306 valence electrons. The van der Waals surface area contributed by atoms with Crippen LogP contribution in [0.5, 0.6) is 0 Å². The Morgan fingerprint density at radius 3 is 1.34 bits per heavy atom. The minimum absolute atomic E-state index is 0.0853. The lowest BCUT2D eigenvalue weighted by atomic mass is 9.92. The summed E-state index contributed by atoms with van der Waals surface area (Å²) in [5.41, 5.74) is 3.30. The fourth-order valence-corrected chi connectivity index (χ4v) is 8.80. The molecule has 0 fully saturated rings. The maximum absolute atomic E-state index is 15.0. The maximum Gasteiger partial charge on any atom is 0.417 e. The first-order valence-electron chi connectivity index (χ1n) is 19.8. The molecule has 10 aromatic rings. The summed E-state index contributed by atoms with van der Waals surface area (Å²) in [5, 5.41) is 33.5. The smallest absolute Gasteiger partial charge is 0.307 e. The fourth-order valence-electron chi connectivity index (χ4n) is 8.80. The number of nitrogens with zero attached hydrogens (tertiary/aromatic N) is 5. The third-order valence-electron chi connectivity index (χ3n) is 11.7. The van der Waals surface area contributed by atoms with Gasteiger partial charge in [-0.15, -0.1) is 0 Å². The van der Waals surface area contributed by atoms with Gasteiger partial charge in [0.05, 0.1) is 79.5 Å². The molecule has 0 saturated heterocycles. The quantitative estimate of drug-likeness (QED) is 0.162. The predicted octanol–water partition coefficient (Wildman–Crippen LogP) is 14.5. The molecule has 64 heavy (non-hydrogen) atoms. The molecule has 0 radical (unpaired) electrons. The minimum Gasteiger partial charge on any atom is -0.307 e. The number of benzene rings is 8. The van der Waals surface area contributed by atoms with E-state index in [1.807, 2.05) is 106 Å². The summed E-state index contributed by atoms with van der Waals surface area (Å²) in [5.74, 6) is 0. The summed E-state index contributed by atoms with van der Waals surface area (Å²) < 4.78 is 90.6. The first-order valence-corrected chi connectivity index (χ1v) is 19.8. The summed E-state index contributed by atoms with van der Waals surface area (Å²) in [6.07, 6.45) is -10.3. The van der Waals surface area contributed by atoms with E-state index in [9.17, 15) is 42.1 Å². The highest BCUT2D eigenvalue weighted by Gasteiger charge is 2.39. The second kappa shape index (κ2) is 14.8. The normalized spacial score (nSPS) is 11.9. The van der Waals surface area contributed by atoms with Crippen LogP contribution < -0.4 is 0 Å². The second-order valence-corrected chi connectivity index (χ2v) is 15.3. The van der Waals surface area contributed by atoms with Crippen LogP contribution >= 0.6 is 0 Å². The number of fused-ring (bicyclic) bond motifs is 6. The number of aromatic nitrogens is 2. The van der Waals surface area contributed by atoms with Gasteiger partial charge in [0.1, 0.15) is 0 Å². The number of nitriles is 3. The molecular weight excluding hydrogens is 821 g/mol. The predicted molar refractivity (Wildman–Crippen MR) is 236 cm³/mol. The highest BCUT2D eigenvalue weighted by atomic mass is 19.4. The zero-order chi connectivity index (χ0) is 44.5. The Kier molecular flexibility index (Phi) is 9.14. The molecule has 11 heteroatoms. The van der Waals surface area contributed by atoms with E-state index >= 15 is 0 Å². The lowest BCUT2D eigenvalue weighted by Crippen LogP contribution is -2.13. The molecule has 2 heterocycles. The average Bonchev–Trinajstić information content (AvgIpc) is 3.82. The molecule has 0 aliphatic carbocycles. The van der Waals surface area contributed by atoms with Crippen LogP contribution in [0.25, 0.3) is 88.4 Å². The third-order valence-corrected chi connectivity index (χ3v) is 11.7. The van der Waals surface area contributed by atoms with Gasteiger partial charge in [-0.3, -0.25) is 0 Å². The Labute approximate surface area is 360 Å². The molecular formula is C53H27F6N5. The highest BCUT2D eigenvalue weighted by Crippen LogP contribution is 2.46. The summed E-state index contributed by atoms with van der Waals surface area (Å²) in [7, 11) is 0. The minimum atomic E-state index is -5.23. The van der Waals surface area contributed by atoms with E-state index in [0.29, 0.717) is 50.6 Å². The lowest BCUT2D eigenvalue weighted by Gasteiger charge is -2.21. The lowest BCUT2D eigenvalue weighted by molar-refractivity contribution is -0.142. The summed E-state index contributed by atoms with van der Waals surface area (Å²) in [4.78, 5) is 0. The van der Waals surface area contributed by atoms with Gasteiger partial charge < -0.3 is 9.13 Å². The van der Waals surface area contributed by atoms with Crippen LogP contribution in [0.1, 0.15) is 27.8 Å². The third kappa shape index (κ3) is 6.48. The Balaban J connectivity index is 1.37. The van der Waals surface area contributed by atoms with Gasteiger partial charge in [-0.1, -0.05) is 91.0 Å². The van der Waals surface area contributed by atoms with Crippen LogP contribution in [0.3, 0.4) is 0 Å². The largest absolute Gasteiger partial charge is 0.417 e. The average molecular weight is 848 g/mol. The van der Waals surface area contributed by atoms with Crippen molar-refractivity contribution in [3.05, 3.63) is 192 Å². The molecule has 10 rings (SSSR count). The van der Waals surface area contributed by atoms with Gasteiger partial charge >= 0.3 is 12.4 Å². The number of para-hydroxylation sites is 2. The Morgan fingerprint density at radius 2 is 0.859 bits per heavy atom. The molecule has 0 bridgehead atoms. The number of alkyl halides is 6. The molecule has 0 saturated carbocycles. The van der Waals surface area contributed by atoms with E-state index in [-0.39, 0.29) is 17.2 Å². The van der Waals surface area contributed by atoms with Gasteiger partial charge in [-0.25, -0.2) is 0 Å². The van der Waals surface area contributed by atoms with Crippen molar-refractivity contribution >= 4 is 43.6 Å². The molecule has 2 aromatic heterocycles. The van der Waals surface area contributed by atoms with Crippen molar-refractivity contribution < 1.29 is 26.3 Å². The van der Waals surface area contributed by atoms with E-state index in [1.165, 1.54) is 12.1 Å². The van der Waals surface area contributed by atoms with Crippen molar-refractivity contribution in [1.82, 2.24) is 9.13 Å². The van der Waals surface area contributed by atoms with Crippen LogP contribution in [0.15, 0.2) is 164 Å².